The molecule has 5 heteroatoms. The summed E-state index contributed by atoms with van der Waals surface area (Å²) in [5.41, 5.74) is 0.859. The Morgan fingerprint density at radius 3 is 2.60 bits per heavy atom. The van der Waals surface area contributed by atoms with Crippen molar-refractivity contribution in [2.24, 2.45) is 5.92 Å². The number of benzene rings is 1. The topological polar surface area (TPSA) is 66.4 Å². The van der Waals surface area contributed by atoms with Crippen LogP contribution in [0.25, 0.3) is 6.08 Å². The van der Waals surface area contributed by atoms with Crippen LogP contribution in [0.2, 0.25) is 0 Å². The molecule has 0 aliphatic heterocycles. The summed E-state index contributed by atoms with van der Waals surface area (Å²) in [6, 6.07) is 6.61. The van der Waals surface area contributed by atoms with Crippen molar-refractivity contribution in [3.63, 3.8) is 0 Å². The van der Waals surface area contributed by atoms with E-state index in [0.29, 0.717) is 6.42 Å². The number of hydrogen-bond acceptors (Lipinski definition) is 2. The SMILES string of the molecule is CCC(C)[C@H](NC(=O)C=Cc1ccccc1Br)C(=O)O. The molecule has 1 aromatic rings. The Morgan fingerprint density at radius 1 is 1.40 bits per heavy atom. The maximum absolute atomic E-state index is 11.8. The maximum atomic E-state index is 11.8. The minimum Gasteiger partial charge on any atom is -0.480 e. The van der Waals surface area contributed by atoms with Crippen molar-refractivity contribution in [2.45, 2.75) is 26.3 Å². The zero-order valence-corrected chi connectivity index (χ0v) is 13.1. The maximum Gasteiger partial charge on any atom is 0.326 e. The zero-order valence-electron chi connectivity index (χ0n) is 11.5. The normalized spacial score (nSPS) is 13.9. The van der Waals surface area contributed by atoms with Gasteiger partial charge in [0, 0.05) is 10.5 Å². The lowest BCUT2D eigenvalue weighted by Gasteiger charge is -2.19. The van der Waals surface area contributed by atoms with E-state index < -0.39 is 17.9 Å². The Balaban J connectivity index is 2.71. The number of carbonyl (C=O) groups excluding carboxylic acids is 1. The quantitative estimate of drug-likeness (QED) is 0.782. The van der Waals surface area contributed by atoms with Crippen LogP contribution in [0.3, 0.4) is 0 Å². The molecule has 0 spiro atoms. The molecule has 20 heavy (non-hydrogen) atoms. The largest absolute Gasteiger partial charge is 0.480 e. The Bertz CT molecular complexity index is 514. The van der Waals surface area contributed by atoms with Gasteiger partial charge in [0.15, 0.2) is 0 Å². The fourth-order valence-corrected chi connectivity index (χ4v) is 2.08. The first-order valence-electron chi connectivity index (χ1n) is 6.41. The van der Waals surface area contributed by atoms with Gasteiger partial charge in [0.05, 0.1) is 0 Å². The Hall–Kier alpha value is -1.62. The van der Waals surface area contributed by atoms with Crippen LogP contribution in [-0.4, -0.2) is 23.0 Å². The predicted molar refractivity (Wildman–Crippen MR) is 82.2 cm³/mol. The molecule has 4 nitrogen and oxygen atoms in total. The lowest BCUT2D eigenvalue weighted by molar-refractivity contribution is -0.142. The first-order valence-corrected chi connectivity index (χ1v) is 7.21. The average molecular weight is 340 g/mol. The van der Waals surface area contributed by atoms with E-state index >= 15 is 0 Å². The molecule has 1 unspecified atom stereocenters. The Morgan fingerprint density at radius 2 is 2.05 bits per heavy atom. The number of hydrogen-bond donors (Lipinski definition) is 2. The monoisotopic (exact) mass is 339 g/mol. The number of nitrogens with one attached hydrogen (secondary N) is 1. The number of aliphatic carboxylic acids is 1. The highest BCUT2D eigenvalue weighted by Crippen LogP contribution is 2.17. The van der Waals surface area contributed by atoms with Crippen LogP contribution in [0.4, 0.5) is 0 Å². The van der Waals surface area contributed by atoms with Gasteiger partial charge in [-0.05, 0) is 23.6 Å². The van der Waals surface area contributed by atoms with E-state index in [1.54, 1.807) is 13.0 Å². The van der Waals surface area contributed by atoms with Crippen molar-refractivity contribution in [1.29, 1.82) is 0 Å². The molecule has 0 aliphatic carbocycles. The summed E-state index contributed by atoms with van der Waals surface area (Å²) in [5, 5.41) is 11.6. The standard InChI is InChI=1S/C15H18BrNO3/c1-3-10(2)14(15(19)20)17-13(18)9-8-11-6-4-5-7-12(11)16/h4-10,14H,3H2,1-2H3,(H,17,18)(H,19,20)/t10?,14-/m0/s1. The van der Waals surface area contributed by atoms with Gasteiger partial charge in [0.25, 0.3) is 0 Å². The first kappa shape index (κ1) is 16.4. The van der Waals surface area contributed by atoms with Crippen molar-refractivity contribution in [3.8, 4) is 0 Å². The number of amides is 1. The fourth-order valence-electron chi connectivity index (χ4n) is 1.66. The molecule has 0 aromatic heterocycles. The van der Waals surface area contributed by atoms with Gasteiger partial charge in [-0.3, -0.25) is 4.79 Å². The van der Waals surface area contributed by atoms with Crippen molar-refractivity contribution in [1.82, 2.24) is 5.32 Å². The number of carboxylic acid groups (broad SMARTS) is 1. The van der Waals surface area contributed by atoms with E-state index in [2.05, 4.69) is 21.2 Å². The lowest BCUT2D eigenvalue weighted by Crippen LogP contribution is -2.44. The van der Waals surface area contributed by atoms with E-state index in [0.717, 1.165) is 10.0 Å². The first-order chi connectivity index (χ1) is 9.45. The van der Waals surface area contributed by atoms with Gasteiger partial charge in [0.2, 0.25) is 5.91 Å². The second-order valence-electron chi connectivity index (χ2n) is 4.56. The van der Waals surface area contributed by atoms with E-state index in [1.807, 2.05) is 31.2 Å². The third-order valence-corrected chi connectivity index (χ3v) is 3.82. The molecule has 0 aliphatic rings. The number of halogens is 1. The van der Waals surface area contributed by atoms with Crippen LogP contribution >= 0.6 is 15.9 Å². The Kier molecular flexibility index (Phi) is 6.45. The fraction of sp³-hybridized carbons (Fsp3) is 0.333. The van der Waals surface area contributed by atoms with Gasteiger partial charge in [-0.2, -0.15) is 0 Å². The molecule has 0 bridgehead atoms. The molecule has 1 rings (SSSR count). The summed E-state index contributed by atoms with van der Waals surface area (Å²) in [6.07, 6.45) is 3.68. The third-order valence-electron chi connectivity index (χ3n) is 3.10. The van der Waals surface area contributed by atoms with Crippen molar-refractivity contribution in [3.05, 3.63) is 40.4 Å². The Labute approximate surface area is 127 Å². The van der Waals surface area contributed by atoms with Crippen molar-refractivity contribution in [2.75, 3.05) is 0 Å². The summed E-state index contributed by atoms with van der Waals surface area (Å²) in [5.74, 6) is -1.54. The van der Waals surface area contributed by atoms with Gasteiger partial charge < -0.3 is 10.4 Å². The van der Waals surface area contributed by atoms with Gasteiger partial charge in [-0.15, -0.1) is 0 Å². The van der Waals surface area contributed by atoms with Gasteiger partial charge >= 0.3 is 5.97 Å². The van der Waals surface area contributed by atoms with Crippen LogP contribution in [0.15, 0.2) is 34.8 Å². The predicted octanol–water partition coefficient (Wildman–Crippen LogP) is 3.08. The molecule has 2 atom stereocenters. The minimum atomic E-state index is -1.01. The van der Waals surface area contributed by atoms with Gasteiger partial charge in [-0.25, -0.2) is 4.79 Å². The lowest BCUT2D eigenvalue weighted by atomic mass is 9.99. The number of carboxylic acids is 1. The molecule has 0 radical (unpaired) electrons. The van der Waals surface area contributed by atoms with Crippen LogP contribution in [0, 0.1) is 5.92 Å². The van der Waals surface area contributed by atoms with E-state index in [1.165, 1.54) is 6.08 Å². The summed E-state index contributed by atoms with van der Waals surface area (Å²) in [7, 11) is 0. The van der Waals surface area contributed by atoms with Crippen LogP contribution in [0.5, 0.6) is 0 Å². The average Bonchev–Trinajstić information content (AvgIpc) is 2.42. The highest BCUT2D eigenvalue weighted by molar-refractivity contribution is 9.10. The number of carbonyl (C=O) groups is 2. The molecule has 0 saturated heterocycles. The van der Waals surface area contributed by atoms with Gasteiger partial charge in [0.1, 0.15) is 6.04 Å². The smallest absolute Gasteiger partial charge is 0.326 e. The van der Waals surface area contributed by atoms with E-state index in [9.17, 15) is 9.59 Å². The van der Waals surface area contributed by atoms with Crippen LogP contribution in [0.1, 0.15) is 25.8 Å². The van der Waals surface area contributed by atoms with Gasteiger partial charge in [-0.1, -0.05) is 54.4 Å². The molecule has 0 fully saturated rings. The molecule has 0 saturated carbocycles. The highest BCUT2D eigenvalue weighted by Gasteiger charge is 2.24. The molecule has 108 valence electrons. The second kappa shape index (κ2) is 7.85. The highest BCUT2D eigenvalue weighted by atomic mass is 79.9. The molecule has 2 N–H and O–H groups in total. The third kappa shape index (κ3) is 4.81. The molecule has 0 heterocycles. The molecular formula is C15H18BrNO3. The summed E-state index contributed by atoms with van der Waals surface area (Å²) in [6.45, 7) is 3.69. The zero-order chi connectivity index (χ0) is 15.1. The van der Waals surface area contributed by atoms with Crippen LogP contribution in [-0.2, 0) is 9.59 Å². The van der Waals surface area contributed by atoms with E-state index in [-0.39, 0.29) is 5.92 Å². The summed E-state index contributed by atoms with van der Waals surface area (Å²) >= 11 is 3.38. The molecule has 1 aromatic carbocycles. The van der Waals surface area contributed by atoms with Crippen molar-refractivity contribution < 1.29 is 14.7 Å². The summed E-state index contributed by atoms with van der Waals surface area (Å²) < 4.78 is 0.876. The minimum absolute atomic E-state index is 0.117. The van der Waals surface area contributed by atoms with Crippen molar-refractivity contribution >= 4 is 33.9 Å². The van der Waals surface area contributed by atoms with Crippen LogP contribution < -0.4 is 5.32 Å². The molecular weight excluding hydrogens is 322 g/mol. The van der Waals surface area contributed by atoms with E-state index in [4.69, 9.17) is 5.11 Å². The second-order valence-corrected chi connectivity index (χ2v) is 5.42. The summed E-state index contributed by atoms with van der Waals surface area (Å²) in [4.78, 5) is 22.9. The molecule has 1 amide bonds. The number of rotatable bonds is 6.